The second kappa shape index (κ2) is 3.95. The fourth-order valence-corrected chi connectivity index (χ4v) is 2.22. The third-order valence-corrected chi connectivity index (χ3v) is 3.09. The quantitative estimate of drug-likeness (QED) is 0.705. The van der Waals surface area contributed by atoms with E-state index in [1.165, 1.54) is 0 Å². The molecular formula is C11H7ClOS. The van der Waals surface area contributed by atoms with E-state index in [4.69, 9.17) is 11.6 Å². The molecule has 0 amide bonds. The molecule has 2 aromatic rings. The van der Waals surface area contributed by atoms with Crippen molar-refractivity contribution in [3.63, 3.8) is 0 Å². The van der Waals surface area contributed by atoms with Gasteiger partial charge in [0.1, 0.15) is 0 Å². The minimum atomic E-state index is 0.529. The van der Waals surface area contributed by atoms with Crippen LogP contribution < -0.4 is 0 Å². The lowest BCUT2D eigenvalue weighted by atomic mass is 10.1. The fourth-order valence-electron chi connectivity index (χ4n) is 1.28. The van der Waals surface area contributed by atoms with E-state index in [2.05, 4.69) is 0 Å². The molecule has 1 aromatic carbocycles. The Labute approximate surface area is 91.0 Å². The monoisotopic (exact) mass is 222 g/mol. The van der Waals surface area contributed by atoms with E-state index in [1.807, 2.05) is 29.0 Å². The second-order valence-corrected chi connectivity index (χ2v) is 4.00. The number of hydrogen-bond acceptors (Lipinski definition) is 2. The lowest BCUT2D eigenvalue weighted by Gasteiger charge is -2.03. The summed E-state index contributed by atoms with van der Waals surface area (Å²) in [6.45, 7) is 0. The highest BCUT2D eigenvalue weighted by Crippen LogP contribution is 2.31. The van der Waals surface area contributed by atoms with E-state index in [-0.39, 0.29) is 0 Å². The Morgan fingerprint density at radius 2 is 2.14 bits per heavy atom. The molecule has 0 unspecified atom stereocenters. The third-order valence-electron chi connectivity index (χ3n) is 1.99. The van der Waals surface area contributed by atoms with Gasteiger partial charge in [-0.1, -0.05) is 29.8 Å². The van der Waals surface area contributed by atoms with E-state index in [0.717, 1.165) is 17.4 Å². The van der Waals surface area contributed by atoms with Crippen LogP contribution in [0.15, 0.2) is 35.0 Å². The van der Waals surface area contributed by atoms with Crippen molar-refractivity contribution < 1.29 is 4.79 Å². The molecule has 0 saturated carbocycles. The maximum Gasteiger partial charge on any atom is 0.151 e. The molecule has 0 aliphatic rings. The van der Waals surface area contributed by atoms with Gasteiger partial charge in [-0.05, 0) is 22.4 Å². The van der Waals surface area contributed by atoms with Gasteiger partial charge in [-0.15, -0.1) is 0 Å². The van der Waals surface area contributed by atoms with Crippen LogP contribution in [0.2, 0.25) is 5.02 Å². The Balaban J connectivity index is 2.60. The molecule has 0 radical (unpaired) electrons. The van der Waals surface area contributed by atoms with Crippen LogP contribution in [0.25, 0.3) is 11.1 Å². The van der Waals surface area contributed by atoms with Crippen LogP contribution >= 0.6 is 22.9 Å². The number of rotatable bonds is 2. The summed E-state index contributed by atoms with van der Waals surface area (Å²) in [5.74, 6) is 0. The SMILES string of the molecule is O=Cc1cccc(-c2ccsc2)c1Cl. The molecule has 3 heteroatoms. The van der Waals surface area contributed by atoms with E-state index in [9.17, 15) is 4.79 Å². The van der Waals surface area contributed by atoms with E-state index in [0.29, 0.717) is 10.6 Å². The fraction of sp³-hybridized carbons (Fsp3) is 0. The molecule has 2 rings (SSSR count). The Bertz CT molecular complexity index is 448. The van der Waals surface area contributed by atoms with Gasteiger partial charge in [0.15, 0.2) is 6.29 Å². The van der Waals surface area contributed by atoms with Gasteiger partial charge in [-0.2, -0.15) is 11.3 Å². The molecule has 0 aliphatic carbocycles. The number of thiophene rings is 1. The van der Waals surface area contributed by atoms with Crippen LogP contribution in [0.3, 0.4) is 0 Å². The summed E-state index contributed by atoms with van der Waals surface area (Å²) in [6.07, 6.45) is 0.776. The average molecular weight is 223 g/mol. The predicted molar refractivity (Wildman–Crippen MR) is 60.2 cm³/mol. The Morgan fingerprint density at radius 3 is 2.79 bits per heavy atom. The van der Waals surface area contributed by atoms with Gasteiger partial charge in [-0.25, -0.2) is 0 Å². The van der Waals surface area contributed by atoms with Gasteiger partial charge >= 0.3 is 0 Å². The van der Waals surface area contributed by atoms with E-state index < -0.39 is 0 Å². The van der Waals surface area contributed by atoms with Gasteiger partial charge in [0.05, 0.1) is 5.02 Å². The van der Waals surface area contributed by atoms with Crippen LogP contribution in [0.5, 0.6) is 0 Å². The van der Waals surface area contributed by atoms with Crippen LogP contribution in [0.1, 0.15) is 10.4 Å². The van der Waals surface area contributed by atoms with Gasteiger partial charge in [0.2, 0.25) is 0 Å². The molecule has 0 aliphatic heterocycles. The molecule has 0 fully saturated rings. The highest BCUT2D eigenvalue weighted by Gasteiger charge is 2.06. The summed E-state index contributed by atoms with van der Waals surface area (Å²) in [4.78, 5) is 10.7. The first kappa shape index (κ1) is 9.44. The first-order chi connectivity index (χ1) is 6.83. The molecule has 70 valence electrons. The zero-order valence-electron chi connectivity index (χ0n) is 7.24. The number of aldehydes is 1. The molecule has 14 heavy (non-hydrogen) atoms. The van der Waals surface area contributed by atoms with Gasteiger partial charge in [0.25, 0.3) is 0 Å². The Kier molecular flexibility index (Phi) is 2.66. The van der Waals surface area contributed by atoms with Gasteiger partial charge < -0.3 is 0 Å². The molecule has 1 heterocycles. The third kappa shape index (κ3) is 1.59. The van der Waals surface area contributed by atoms with Crippen molar-refractivity contribution in [1.82, 2.24) is 0 Å². The van der Waals surface area contributed by atoms with Crippen molar-refractivity contribution in [3.8, 4) is 11.1 Å². The molecule has 1 nitrogen and oxygen atoms in total. The second-order valence-electron chi connectivity index (χ2n) is 2.84. The summed E-state index contributed by atoms with van der Waals surface area (Å²) < 4.78 is 0. The highest BCUT2D eigenvalue weighted by molar-refractivity contribution is 7.08. The maximum atomic E-state index is 10.7. The van der Waals surface area contributed by atoms with E-state index in [1.54, 1.807) is 17.4 Å². The molecule has 0 atom stereocenters. The van der Waals surface area contributed by atoms with Crippen LogP contribution in [-0.4, -0.2) is 6.29 Å². The zero-order valence-corrected chi connectivity index (χ0v) is 8.81. The smallest absolute Gasteiger partial charge is 0.151 e. The molecule has 0 N–H and O–H groups in total. The topological polar surface area (TPSA) is 17.1 Å². The maximum absolute atomic E-state index is 10.7. The van der Waals surface area contributed by atoms with Crippen molar-refractivity contribution in [3.05, 3.63) is 45.6 Å². The number of hydrogen-bond donors (Lipinski definition) is 0. The standard InChI is InChI=1S/C11H7ClOS/c12-11-8(6-13)2-1-3-10(11)9-4-5-14-7-9/h1-7H. The molecule has 1 aromatic heterocycles. The van der Waals surface area contributed by atoms with Crippen molar-refractivity contribution in [2.75, 3.05) is 0 Å². The summed E-state index contributed by atoms with van der Waals surface area (Å²) >= 11 is 7.68. The van der Waals surface area contributed by atoms with Crippen molar-refractivity contribution in [1.29, 1.82) is 0 Å². The van der Waals surface area contributed by atoms with Crippen LogP contribution in [0, 0.1) is 0 Å². The average Bonchev–Trinajstić information content (AvgIpc) is 2.71. The molecule has 0 spiro atoms. The summed E-state index contributed by atoms with van der Waals surface area (Å²) in [5, 5.41) is 4.52. The molecule has 0 bridgehead atoms. The zero-order chi connectivity index (χ0) is 9.97. The molecular weight excluding hydrogens is 216 g/mol. The number of carbonyl (C=O) groups is 1. The summed E-state index contributed by atoms with van der Waals surface area (Å²) in [7, 11) is 0. The largest absolute Gasteiger partial charge is 0.298 e. The lowest BCUT2D eigenvalue weighted by Crippen LogP contribution is -1.84. The predicted octanol–water partition coefficient (Wildman–Crippen LogP) is 3.88. The number of carbonyl (C=O) groups excluding carboxylic acids is 1. The van der Waals surface area contributed by atoms with Crippen molar-refractivity contribution >= 4 is 29.2 Å². The van der Waals surface area contributed by atoms with Crippen LogP contribution in [0.4, 0.5) is 0 Å². The van der Waals surface area contributed by atoms with Crippen LogP contribution in [-0.2, 0) is 0 Å². The Hall–Kier alpha value is -1.12. The Morgan fingerprint density at radius 1 is 1.29 bits per heavy atom. The number of halogens is 1. The van der Waals surface area contributed by atoms with Crippen molar-refractivity contribution in [2.45, 2.75) is 0 Å². The first-order valence-electron chi connectivity index (χ1n) is 4.09. The van der Waals surface area contributed by atoms with Crippen molar-refractivity contribution in [2.24, 2.45) is 0 Å². The summed E-state index contributed by atoms with van der Waals surface area (Å²) in [5.41, 5.74) is 2.51. The highest BCUT2D eigenvalue weighted by atomic mass is 35.5. The number of benzene rings is 1. The first-order valence-corrected chi connectivity index (χ1v) is 5.41. The van der Waals surface area contributed by atoms with E-state index >= 15 is 0 Å². The minimum Gasteiger partial charge on any atom is -0.298 e. The molecule has 0 saturated heterocycles. The van der Waals surface area contributed by atoms with Gasteiger partial charge in [-0.3, -0.25) is 4.79 Å². The normalized spacial score (nSPS) is 10.1. The minimum absolute atomic E-state index is 0.529. The summed E-state index contributed by atoms with van der Waals surface area (Å²) in [6, 6.07) is 7.45. The van der Waals surface area contributed by atoms with Gasteiger partial charge in [0, 0.05) is 11.1 Å². The lowest BCUT2D eigenvalue weighted by molar-refractivity contribution is 0.112.